The van der Waals surface area contributed by atoms with Crippen molar-refractivity contribution in [1.82, 2.24) is 10.6 Å². The van der Waals surface area contributed by atoms with Crippen LogP contribution in [0.5, 0.6) is 0 Å². The van der Waals surface area contributed by atoms with Gasteiger partial charge in [-0.2, -0.15) is 0 Å². The Hall–Kier alpha value is -2.41. The molecule has 2 atom stereocenters. The first kappa shape index (κ1) is 23.6. The molecule has 7 nitrogen and oxygen atoms in total. The van der Waals surface area contributed by atoms with E-state index in [9.17, 15) is 14.4 Å². The molecule has 3 amide bonds. The molecule has 0 spiro atoms. The molecule has 0 aliphatic carbocycles. The third kappa shape index (κ3) is 10.1. The molecule has 0 saturated heterocycles. The quantitative estimate of drug-likeness (QED) is 0.358. The van der Waals surface area contributed by atoms with E-state index in [4.69, 9.17) is 11.5 Å². The second-order valence-corrected chi connectivity index (χ2v) is 7.07. The van der Waals surface area contributed by atoms with Crippen LogP contribution < -0.4 is 22.1 Å². The zero-order valence-electron chi connectivity index (χ0n) is 16.8. The second kappa shape index (κ2) is 13.7. The largest absolute Gasteiger partial charge is 0.370 e. The summed E-state index contributed by atoms with van der Waals surface area (Å²) in [6.45, 7) is 2.53. The number of hydrogen-bond donors (Lipinski definition) is 4. The van der Waals surface area contributed by atoms with Crippen molar-refractivity contribution in [3.8, 4) is 0 Å². The first-order valence-electron chi connectivity index (χ1n) is 10.1. The summed E-state index contributed by atoms with van der Waals surface area (Å²) in [6.07, 6.45) is 5.46. The number of carbonyl (C=O) groups excluding carboxylic acids is 3. The maximum absolute atomic E-state index is 12.6. The molecule has 0 bridgehead atoms. The number of primary amides is 1. The minimum atomic E-state index is -0.673. The van der Waals surface area contributed by atoms with Gasteiger partial charge in [0.05, 0.1) is 6.04 Å². The predicted molar refractivity (Wildman–Crippen MR) is 110 cm³/mol. The van der Waals surface area contributed by atoms with Gasteiger partial charge in [0, 0.05) is 19.4 Å². The Bertz CT molecular complexity index is 607. The number of rotatable bonds is 14. The van der Waals surface area contributed by atoms with E-state index in [1.54, 1.807) is 0 Å². The van der Waals surface area contributed by atoms with Crippen LogP contribution in [0.1, 0.15) is 57.4 Å². The Morgan fingerprint density at radius 1 is 1.00 bits per heavy atom. The molecule has 0 radical (unpaired) electrons. The van der Waals surface area contributed by atoms with Crippen molar-refractivity contribution in [2.75, 3.05) is 6.54 Å². The van der Waals surface area contributed by atoms with Gasteiger partial charge in [0.2, 0.25) is 17.7 Å². The fourth-order valence-corrected chi connectivity index (χ4v) is 2.83. The first-order valence-corrected chi connectivity index (χ1v) is 10.1. The van der Waals surface area contributed by atoms with E-state index in [0.717, 1.165) is 31.2 Å². The number of benzene rings is 1. The summed E-state index contributed by atoms with van der Waals surface area (Å²) in [5.74, 6) is -0.838. The molecule has 7 heteroatoms. The minimum Gasteiger partial charge on any atom is -0.370 e. The molecule has 1 rings (SSSR count). The molecule has 6 N–H and O–H groups in total. The number of unbranched alkanes of at least 4 members (excludes halogenated alkanes) is 3. The summed E-state index contributed by atoms with van der Waals surface area (Å²) in [5, 5.41) is 5.67. The fraction of sp³-hybridized carbons (Fsp3) is 0.571. The van der Waals surface area contributed by atoms with Crippen LogP contribution in [-0.4, -0.2) is 36.3 Å². The SMILES string of the molecule is CCCC[C@H](N)C(=O)N[C@H](Cc1ccccc1)C(=O)NCCCCCC(N)=O. The molecule has 1 aromatic rings. The highest BCUT2D eigenvalue weighted by Gasteiger charge is 2.23. The van der Waals surface area contributed by atoms with Crippen LogP contribution >= 0.6 is 0 Å². The summed E-state index contributed by atoms with van der Waals surface area (Å²) in [7, 11) is 0. The minimum absolute atomic E-state index is 0.227. The molecule has 0 saturated carbocycles. The van der Waals surface area contributed by atoms with Crippen LogP contribution in [0.3, 0.4) is 0 Å². The summed E-state index contributed by atoms with van der Waals surface area (Å²) < 4.78 is 0. The van der Waals surface area contributed by atoms with Crippen molar-refractivity contribution in [2.45, 2.75) is 70.4 Å². The van der Waals surface area contributed by atoms with E-state index in [-0.39, 0.29) is 17.7 Å². The summed E-state index contributed by atoms with van der Waals surface area (Å²) in [6, 6.07) is 8.27. The van der Waals surface area contributed by atoms with Crippen molar-refractivity contribution in [3.05, 3.63) is 35.9 Å². The van der Waals surface area contributed by atoms with Gasteiger partial charge in [-0.15, -0.1) is 0 Å². The summed E-state index contributed by atoms with van der Waals surface area (Å²) in [4.78, 5) is 35.7. The number of nitrogens with two attached hydrogens (primary N) is 2. The normalized spacial score (nSPS) is 12.8. The van der Waals surface area contributed by atoms with Crippen LogP contribution in [0.2, 0.25) is 0 Å². The maximum Gasteiger partial charge on any atom is 0.242 e. The fourth-order valence-electron chi connectivity index (χ4n) is 2.83. The molecule has 0 aromatic heterocycles. The van der Waals surface area contributed by atoms with Crippen molar-refractivity contribution in [1.29, 1.82) is 0 Å². The molecule has 156 valence electrons. The van der Waals surface area contributed by atoms with Gasteiger partial charge < -0.3 is 22.1 Å². The van der Waals surface area contributed by atoms with E-state index in [2.05, 4.69) is 10.6 Å². The van der Waals surface area contributed by atoms with Gasteiger partial charge >= 0.3 is 0 Å². The van der Waals surface area contributed by atoms with Crippen molar-refractivity contribution in [2.24, 2.45) is 11.5 Å². The Morgan fingerprint density at radius 3 is 2.36 bits per heavy atom. The van der Waals surface area contributed by atoms with E-state index >= 15 is 0 Å². The number of carbonyl (C=O) groups is 3. The van der Waals surface area contributed by atoms with Crippen molar-refractivity contribution in [3.63, 3.8) is 0 Å². The Labute approximate surface area is 167 Å². The second-order valence-electron chi connectivity index (χ2n) is 7.07. The molecule has 0 aliphatic heterocycles. The molecule has 28 heavy (non-hydrogen) atoms. The van der Waals surface area contributed by atoms with Gasteiger partial charge in [-0.1, -0.05) is 56.5 Å². The standard InChI is InChI=1S/C21H34N4O3/c1-2-3-12-17(22)20(27)25-18(15-16-10-6-4-7-11-16)21(28)24-14-9-5-8-13-19(23)26/h4,6-7,10-11,17-18H,2-3,5,8-9,12-15,22H2,1H3,(H2,23,26)(H,24,28)(H,25,27)/t17-,18+/m0/s1. The lowest BCUT2D eigenvalue weighted by molar-refractivity contribution is -0.129. The Balaban J connectivity index is 2.57. The van der Waals surface area contributed by atoms with E-state index in [1.165, 1.54) is 0 Å². The third-order valence-electron chi connectivity index (χ3n) is 4.52. The van der Waals surface area contributed by atoms with Gasteiger partial charge in [0.1, 0.15) is 6.04 Å². The first-order chi connectivity index (χ1) is 13.4. The monoisotopic (exact) mass is 390 g/mol. The topological polar surface area (TPSA) is 127 Å². The number of hydrogen-bond acceptors (Lipinski definition) is 4. The average molecular weight is 391 g/mol. The average Bonchev–Trinajstić information content (AvgIpc) is 2.68. The molecular weight excluding hydrogens is 356 g/mol. The molecule has 1 aromatic carbocycles. The maximum atomic E-state index is 12.6. The van der Waals surface area contributed by atoms with Crippen LogP contribution in [0.4, 0.5) is 0 Å². The van der Waals surface area contributed by atoms with Gasteiger partial charge in [0.15, 0.2) is 0 Å². The molecule has 0 fully saturated rings. The summed E-state index contributed by atoms with van der Waals surface area (Å²) >= 11 is 0. The lowest BCUT2D eigenvalue weighted by atomic mass is 10.0. The van der Waals surface area contributed by atoms with Gasteiger partial charge in [0.25, 0.3) is 0 Å². The van der Waals surface area contributed by atoms with Crippen LogP contribution in [0, 0.1) is 0 Å². The van der Waals surface area contributed by atoms with E-state index in [1.807, 2.05) is 37.3 Å². The molecular formula is C21H34N4O3. The van der Waals surface area contributed by atoms with Crippen molar-refractivity contribution >= 4 is 17.7 Å². The van der Waals surface area contributed by atoms with E-state index in [0.29, 0.717) is 32.2 Å². The summed E-state index contributed by atoms with van der Waals surface area (Å²) in [5.41, 5.74) is 12.0. The van der Waals surface area contributed by atoms with Gasteiger partial charge in [-0.25, -0.2) is 0 Å². The molecule has 0 unspecified atom stereocenters. The van der Waals surface area contributed by atoms with Gasteiger partial charge in [-0.3, -0.25) is 14.4 Å². The lowest BCUT2D eigenvalue weighted by Gasteiger charge is -2.21. The van der Waals surface area contributed by atoms with Crippen LogP contribution in [0.25, 0.3) is 0 Å². The third-order valence-corrected chi connectivity index (χ3v) is 4.52. The Morgan fingerprint density at radius 2 is 1.71 bits per heavy atom. The van der Waals surface area contributed by atoms with Crippen LogP contribution in [0.15, 0.2) is 30.3 Å². The Kier molecular flexibility index (Phi) is 11.6. The lowest BCUT2D eigenvalue weighted by Crippen LogP contribution is -2.52. The predicted octanol–water partition coefficient (Wildman–Crippen LogP) is 1.39. The smallest absolute Gasteiger partial charge is 0.242 e. The molecule has 0 aliphatic rings. The highest BCUT2D eigenvalue weighted by molar-refractivity contribution is 5.89. The molecule has 0 heterocycles. The number of nitrogens with one attached hydrogen (secondary N) is 2. The van der Waals surface area contributed by atoms with Crippen LogP contribution in [-0.2, 0) is 20.8 Å². The zero-order chi connectivity index (χ0) is 20.8. The highest BCUT2D eigenvalue weighted by Crippen LogP contribution is 2.06. The van der Waals surface area contributed by atoms with Crippen molar-refractivity contribution < 1.29 is 14.4 Å². The zero-order valence-corrected chi connectivity index (χ0v) is 16.8. The van der Waals surface area contributed by atoms with Gasteiger partial charge in [-0.05, 0) is 24.8 Å². The number of amides is 3. The van der Waals surface area contributed by atoms with E-state index < -0.39 is 12.1 Å². The highest BCUT2D eigenvalue weighted by atomic mass is 16.2.